The van der Waals surface area contributed by atoms with E-state index in [1.54, 1.807) is 18.2 Å². The van der Waals surface area contributed by atoms with Crippen LogP contribution in [0.5, 0.6) is 0 Å². The highest BCUT2D eigenvalue weighted by Crippen LogP contribution is 2.25. The maximum absolute atomic E-state index is 11.9. The molecule has 0 unspecified atom stereocenters. The Kier molecular flexibility index (Phi) is 4.99. The van der Waals surface area contributed by atoms with Crippen LogP contribution in [0.3, 0.4) is 0 Å². The van der Waals surface area contributed by atoms with E-state index >= 15 is 0 Å². The molecule has 1 fully saturated rings. The monoisotopic (exact) mass is 333 g/mol. The van der Waals surface area contributed by atoms with Crippen LogP contribution >= 0.6 is 23.4 Å². The molecule has 1 aromatic carbocycles. The molecule has 0 bridgehead atoms. The molecule has 7 heteroatoms. The highest BCUT2D eigenvalue weighted by atomic mass is 35.5. The maximum atomic E-state index is 11.9. The Morgan fingerprint density at radius 2 is 2.25 bits per heavy atom. The quantitative estimate of drug-likeness (QED) is 0.919. The van der Waals surface area contributed by atoms with Crippen molar-refractivity contribution in [3.05, 3.63) is 28.8 Å². The van der Waals surface area contributed by atoms with Gasteiger partial charge in [0.15, 0.2) is 9.84 Å². The summed E-state index contributed by atoms with van der Waals surface area (Å²) in [6, 6.07) is 5.27. The third kappa shape index (κ3) is 4.40. The van der Waals surface area contributed by atoms with Crippen LogP contribution in [-0.4, -0.2) is 36.8 Å². The van der Waals surface area contributed by atoms with Crippen molar-refractivity contribution in [3.63, 3.8) is 0 Å². The van der Waals surface area contributed by atoms with Gasteiger partial charge < -0.3 is 5.32 Å². The maximum Gasteiger partial charge on any atom is 0.234 e. The van der Waals surface area contributed by atoms with Gasteiger partial charge in [-0.05, 0) is 37.1 Å². The lowest BCUT2D eigenvalue weighted by molar-refractivity contribution is -0.113. The molecule has 1 aliphatic heterocycles. The topological polar surface area (TPSA) is 63.2 Å². The fourth-order valence-corrected chi connectivity index (χ4v) is 5.71. The van der Waals surface area contributed by atoms with E-state index in [-0.39, 0.29) is 28.4 Å². The summed E-state index contributed by atoms with van der Waals surface area (Å²) in [4.78, 5) is 11.9. The molecule has 0 aromatic heterocycles. The van der Waals surface area contributed by atoms with E-state index in [9.17, 15) is 13.2 Å². The summed E-state index contributed by atoms with van der Waals surface area (Å²) in [5.41, 5.74) is 1.64. The first-order chi connectivity index (χ1) is 9.35. The number of carbonyl (C=O) groups excluding carboxylic acids is 1. The summed E-state index contributed by atoms with van der Waals surface area (Å²) >= 11 is 7.26. The van der Waals surface area contributed by atoms with Crippen LogP contribution in [0.15, 0.2) is 18.2 Å². The zero-order valence-corrected chi connectivity index (χ0v) is 13.4. The molecule has 0 aliphatic carbocycles. The van der Waals surface area contributed by atoms with Crippen molar-refractivity contribution in [3.8, 4) is 0 Å². The number of halogens is 1. The van der Waals surface area contributed by atoms with Crippen molar-refractivity contribution in [2.45, 2.75) is 18.6 Å². The van der Waals surface area contributed by atoms with Crippen molar-refractivity contribution < 1.29 is 13.2 Å². The summed E-state index contributed by atoms with van der Waals surface area (Å²) in [7, 11) is -2.88. The highest BCUT2D eigenvalue weighted by molar-refractivity contribution is 8.02. The zero-order valence-electron chi connectivity index (χ0n) is 11.1. The van der Waals surface area contributed by atoms with Crippen molar-refractivity contribution in [1.82, 2.24) is 0 Å². The molecule has 0 radical (unpaired) electrons. The molecule has 1 amide bonds. The Morgan fingerprint density at radius 3 is 2.85 bits per heavy atom. The zero-order chi connectivity index (χ0) is 14.8. The van der Waals surface area contributed by atoms with Crippen LogP contribution in [-0.2, 0) is 14.6 Å². The third-order valence-electron chi connectivity index (χ3n) is 3.10. The summed E-state index contributed by atoms with van der Waals surface area (Å²) in [6.07, 6.45) is 0.639. The van der Waals surface area contributed by atoms with Gasteiger partial charge in [-0.2, -0.15) is 0 Å². The lowest BCUT2D eigenvalue weighted by Crippen LogP contribution is -2.17. The first kappa shape index (κ1) is 15.7. The number of aryl methyl sites for hydroxylation is 1. The van der Waals surface area contributed by atoms with E-state index in [0.717, 1.165) is 11.3 Å². The molecule has 2 rings (SSSR count). The number of hydrogen-bond acceptors (Lipinski definition) is 4. The molecule has 1 aromatic rings. The smallest absolute Gasteiger partial charge is 0.234 e. The van der Waals surface area contributed by atoms with Crippen molar-refractivity contribution >= 4 is 44.8 Å². The number of hydrogen-bond donors (Lipinski definition) is 1. The molecule has 1 atom stereocenters. The number of rotatable bonds is 4. The van der Waals surface area contributed by atoms with Gasteiger partial charge in [-0.15, -0.1) is 11.8 Å². The van der Waals surface area contributed by atoms with Gasteiger partial charge in [0.25, 0.3) is 0 Å². The van der Waals surface area contributed by atoms with Crippen LogP contribution in [0.2, 0.25) is 5.02 Å². The first-order valence-corrected chi connectivity index (χ1v) is 9.48. The van der Waals surface area contributed by atoms with Crippen LogP contribution in [0.1, 0.15) is 12.0 Å². The molecule has 1 N–H and O–H groups in total. The number of thioether (sulfide) groups is 1. The van der Waals surface area contributed by atoms with Crippen LogP contribution in [0.4, 0.5) is 5.69 Å². The largest absolute Gasteiger partial charge is 0.325 e. The number of sulfone groups is 1. The fraction of sp³-hybridized carbons (Fsp3) is 0.462. The SMILES string of the molecule is Cc1cc(Cl)ccc1NC(=O)CS[C@H]1CCS(=O)(=O)C1. The molecular weight excluding hydrogens is 318 g/mol. The van der Waals surface area contributed by atoms with E-state index < -0.39 is 9.84 Å². The van der Waals surface area contributed by atoms with E-state index in [2.05, 4.69) is 5.32 Å². The molecule has 4 nitrogen and oxygen atoms in total. The summed E-state index contributed by atoms with van der Waals surface area (Å²) < 4.78 is 22.7. The van der Waals surface area contributed by atoms with E-state index in [4.69, 9.17) is 11.6 Å². The number of amides is 1. The first-order valence-electron chi connectivity index (χ1n) is 6.24. The Morgan fingerprint density at radius 1 is 1.50 bits per heavy atom. The van der Waals surface area contributed by atoms with Crippen molar-refractivity contribution in [2.24, 2.45) is 0 Å². The Labute approximate surface area is 128 Å². The fourth-order valence-electron chi connectivity index (χ4n) is 2.04. The van der Waals surface area contributed by atoms with Gasteiger partial charge in [-0.25, -0.2) is 8.42 Å². The average Bonchev–Trinajstić information content (AvgIpc) is 2.70. The molecule has 1 aliphatic rings. The van der Waals surface area contributed by atoms with Gasteiger partial charge in [0, 0.05) is 16.0 Å². The summed E-state index contributed by atoms with van der Waals surface area (Å²) in [5, 5.41) is 3.48. The number of carbonyl (C=O) groups is 1. The minimum absolute atomic E-state index is 0.0389. The van der Waals surface area contributed by atoms with E-state index in [1.807, 2.05) is 6.92 Å². The van der Waals surface area contributed by atoms with Gasteiger partial charge in [0.1, 0.15) is 0 Å². The number of anilines is 1. The van der Waals surface area contributed by atoms with E-state index in [0.29, 0.717) is 11.4 Å². The molecule has 0 spiro atoms. The van der Waals surface area contributed by atoms with Crippen LogP contribution in [0, 0.1) is 6.92 Å². The van der Waals surface area contributed by atoms with Crippen molar-refractivity contribution in [2.75, 3.05) is 22.6 Å². The molecule has 1 heterocycles. The predicted octanol–water partition coefficient (Wildman–Crippen LogP) is 2.51. The summed E-state index contributed by atoms with van der Waals surface area (Å²) in [6.45, 7) is 1.87. The van der Waals surface area contributed by atoms with Gasteiger partial charge >= 0.3 is 0 Å². The van der Waals surface area contributed by atoms with Gasteiger partial charge in [-0.3, -0.25) is 4.79 Å². The number of nitrogens with one attached hydrogen (secondary N) is 1. The van der Waals surface area contributed by atoms with Crippen LogP contribution in [0.25, 0.3) is 0 Å². The molecule has 110 valence electrons. The Balaban J connectivity index is 1.84. The van der Waals surface area contributed by atoms with Crippen molar-refractivity contribution in [1.29, 1.82) is 0 Å². The second-order valence-electron chi connectivity index (χ2n) is 4.84. The normalized spacial score (nSPS) is 20.8. The Hall–Kier alpha value is -0.720. The lowest BCUT2D eigenvalue weighted by Gasteiger charge is -2.10. The third-order valence-corrected chi connectivity index (χ3v) is 6.62. The standard InChI is InChI=1S/C13H16ClNO3S2/c1-9-6-10(14)2-3-12(9)15-13(16)7-19-11-4-5-20(17,18)8-11/h2-3,6,11H,4-5,7-8H2,1H3,(H,15,16)/t11-/m0/s1. The van der Waals surface area contributed by atoms with E-state index in [1.165, 1.54) is 11.8 Å². The highest BCUT2D eigenvalue weighted by Gasteiger charge is 2.28. The molecule has 1 saturated heterocycles. The average molecular weight is 334 g/mol. The lowest BCUT2D eigenvalue weighted by atomic mass is 10.2. The molecule has 0 saturated carbocycles. The second kappa shape index (κ2) is 6.37. The molecule has 20 heavy (non-hydrogen) atoms. The molecular formula is C13H16ClNO3S2. The van der Waals surface area contributed by atoms with Gasteiger partial charge in [-0.1, -0.05) is 11.6 Å². The minimum atomic E-state index is -2.88. The predicted molar refractivity (Wildman–Crippen MR) is 84.3 cm³/mol. The summed E-state index contributed by atoms with van der Waals surface area (Å²) in [5.74, 6) is 0.570. The second-order valence-corrected chi connectivity index (χ2v) is 8.80. The Bertz CT molecular complexity index is 616. The minimum Gasteiger partial charge on any atom is -0.325 e. The van der Waals surface area contributed by atoms with Crippen LogP contribution < -0.4 is 5.32 Å². The number of benzene rings is 1. The van der Waals surface area contributed by atoms with Gasteiger partial charge in [0.2, 0.25) is 5.91 Å². The van der Waals surface area contributed by atoms with Gasteiger partial charge in [0.05, 0.1) is 17.3 Å².